The molecule has 0 unspecified atom stereocenters. The van der Waals surface area contributed by atoms with Gasteiger partial charge in [0.05, 0.1) is 11.3 Å². The highest BCUT2D eigenvalue weighted by molar-refractivity contribution is 7.03. The van der Waals surface area contributed by atoms with Gasteiger partial charge >= 0.3 is 0 Å². The predicted molar refractivity (Wildman–Crippen MR) is 83.4 cm³/mol. The van der Waals surface area contributed by atoms with E-state index in [0.29, 0.717) is 25.3 Å². The van der Waals surface area contributed by atoms with Crippen LogP contribution in [0.4, 0.5) is 0 Å². The van der Waals surface area contributed by atoms with Gasteiger partial charge in [0.15, 0.2) is 5.78 Å². The Morgan fingerprint density at radius 2 is 2.10 bits per heavy atom. The zero-order valence-electron chi connectivity index (χ0n) is 12.4. The van der Waals surface area contributed by atoms with Gasteiger partial charge in [-0.05, 0) is 50.1 Å². The van der Waals surface area contributed by atoms with Crippen LogP contribution in [0.5, 0.6) is 0 Å². The highest BCUT2D eigenvalue weighted by Crippen LogP contribution is 2.28. The molecule has 0 atom stereocenters. The van der Waals surface area contributed by atoms with Crippen molar-refractivity contribution in [1.29, 1.82) is 0 Å². The van der Waals surface area contributed by atoms with Gasteiger partial charge in [0.2, 0.25) is 5.91 Å². The monoisotopic (exact) mass is 309 g/mol. The third-order valence-electron chi connectivity index (χ3n) is 4.11. The zero-order chi connectivity index (χ0) is 15.2. The van der Waals surface area contributed by atoms with Gasteiger partial charge in [0.1, 0.15) is 0 Å². The van der Waals surface area contributed by atoms with Crippen LogP contribution in [0.25, 0.3) is 0 Å². The third kappa shape index (κ3) is 4.61. The first-order valence-electron chi connectivity index (χ1n) is 7.53. The second-order valence-electron chi connectivity index (χ2n) is 5.76. The average Bonchev–Trinajstić information content (AvgIpc) is 2.87. The van der Waals surface area contributed by atoms with E-state index in [0.717, 1.165) is 36.9 Å². The minimum absolute atomic E-state index is 0.0389. The van der Waals surface area contributed by atoms with Crippen molar-refractivity contribution in [2.45, 2.75) is 51.5 Å². The molecule has 1 fully saturated rings. The number of nitrogens with two attached hydrogens (primary N) is 1. The molecular formula is C15H23N3O2S. The number of carbonyl (C=O) groups is 2. The van der Waals surface area contributed by atoms with Crippen LogP contribution in [0.3, 0.4) is 0 Å². The fourth-order valence-corrected chi connectivity index (χ4v) is 3.59. The van der Waals surface area contributed by atoms with Crippen LogP contribution >= 0.6 is 11.5 Å². The van der Waals surface area contributed by atoms with Gasteiger partial charge in [-0.1, -0.05) is 0 Å². The van der Waals surface area contributed by atoms with E-state index in [2.05, 4.69) is 9.69 Å². The molecule has 1 saturated carbocycles. The fraction of sp³-hybridized carbons (Fsp3) is 0.667. The fourth-order valence-electron chi connectivity index (χ4n) is 2.87. The minimum atomic E-state index is 0.0389. The van der Waals surface area contributed by atoms with Crippen LogP contribution in [0.1, 0.15) is 54.6 Å². The number of nitrogens with zero attached hydrogens (tertiary/aromatic N) is 1. The number of Topliss-reactive ketones (excluding diaryl/α,β-unsaturated/α-hetero) is 1. The number of amides is 1. The van der Waals surface area contributed by atoms with Crippen molar-refractivity contribution >= 4 is 23.2 Å². The molecule has 116 valence electrons. The molecule has 1 aliphatic carbocycles. The third-order valence-corrected chi connectivity index (χ3v) is 4.83. The van der Waals surface area contributed by atoms with Crippen molar-refractivity contribution in [2.24, 2.45) is 11.7 Å². The van der Waals surface area contributed by atoms with Crippen LogP contribution in [0.15, 0.2) is 5.38 Å². The summed E-state index contributed by atoms with van der Waals surface area (Å²) < 4.78 is 4.16. The molecule has 1 aromatic heterocycles. The first-order valence-corrected chi connectivity index (χ1v) is 8.37. The number of carbonyl (C=O) groups excluding carboxylic acids is 2. The summed E-state index contributed by atoms with van der Waals surface area (Å²) in [4.78, 5) is 23.7. The highest BCUT2D eigenvalue weighted by Gasteiger charge is 2.25. The Morgan fingerprint density at radius 1 is 1.38 bits per heavy atom. The second kappa shape index (κ2) is 7.66. The molecule has 0 aromatic carbocycles. The lowest BCUT2D eigenvalue weighted by Crippen LogP contribution is -2.38. The van der Waals surface area contributed by atoms with Crippen molar-refractivity contribution in [1.82, 2.24) is 9.69 Å². The van der Waals surface area contributed by atoms with E-state index in [9.17, 15) is 9.59 Å². The van der Waals surface area contributed by atoms with Gasteiger partial charge in [-0.25, -0.2) is 0 Å². The summed E-state index contributed by atoms with van der Waals surface area (Å²) in [6.07, 6.45) is 4.89. The molecule has 0 bridgehead atoms. The second-order valence-corrected chi connectivity index (χ2v) is 6.39. The predicted octanol–water partition coefficient (Wildman–Crippen LogP) is 2.05. The Kier molecular flexibility index (Phi) is 5.87. The summed E-state index contributed by atoms with van der Waals surface area (Å²) >= 11 is 1.34. The summed E-state index contributed by atoms with van der Waals surface area (Å²) in [6, 6.07) is 0.250. The maximum Gasteiger partial charge on any atom is 0.221 e. The summed E-state index contributed by atoms with van der Waals surface area (Å²) in [7, 11) is 0. The minimum Gasteiger partial charge on any atom is -0.353 e. The Bertz CT molecular complexity index is 493. The largest absolute Gasteiger partial charge is 0.353 e. The van der Waals surface area contributed by atoms with Crippen LogP contribution in [-0.4, -0.2) is 28.7 Å². The first-order chi connectivity index (χ1) is 10.1. The van der Waals surface area contributed by atoms with E-state index < -0.39 is 0 Å². The summed E-state index contributed by atoms with van der Waals surface area (Å²) in [5.74, 6) is 0.674. The van der Waals surface area contributed by atoms with E-state index >= 15 is 0 Å². The molecule has 21 heavy (non-hydrogen) atoms. The molecule has 0 aliphatic heterocycles. The van der Waals surface area contributed by atoms with Crippen molar-refractivity contribution in [3.05, 3.63) is 16.6 Å². The number of aryl methyl sites for hydroxylation is 1. The lowest BCUT2D eigenvalue weighted by Gasteiger charge is -2.28. The van der Waals surface area contributed by atoms with Gasteiger partial charge in [-0.15, -0.1) is 0 Å². The zero-order valence-corrected chi connectivity index (χ0v) is 13.2. The number of ketones is 1. The lowest BCUT2D eigenvalue weighted by atomic mass is 9.82. The number of hydrogen-bond acceptors (Lipinski definition) is 5. The molecule has 1 aliphatic rings. The Morgan fingerprint density at radius 3 is 2.67 bits per heavy atom. The molecule has 1 heterocycles. The molecule has 0 spiro atoms. The maximum absolute atomic E-state index is 12.2. The topological polar surface area (TPSA) is 85.1 Å². The van der Waals surface area contributed by atoms with Gasteiger partial charge in [-0.3, -0.25) is 9.59 Å². The molecule has 5 nitrogen and oxygen atoms in total. The first kappa shape index (κ1) is 16.1. The average molecular weight is 309 g/mol. The van der Waals surface area contributed by atoms with Gasteiger partial charge < -0.3 is 11.1 Å². The van der Waals surface area contributed by atoms with Gasteiger partial charge in [0, 0.05) is 30.8 Å². The smallest absolute Gasteiger partial charge is 0.221 e. The van der Waals surface area contributed by atoms with Crippen molar-refractivity contribution < 1.29 is 9.59 Å². The van der Waals surface area contributed by atoms with Crippen LogP contribution < -0.4 is 11.1 Å². The van der Waals surface area contributed by atoms with Crippen LogP contribution in [0.2, 0.25) is 0 Å². The number of nitrogens with one attached hydrogen (secondary N) is 1. The van der Waals surface area contributed by atoms with Gasteiger partial charge in [0.25, 0.3) is 0 Å². The van der Waals surface area contributed by atoms with Crippen LogP contribution in [0, 0.1) is 12.8 Å². The summed E-state index contributed by atoms with van der Waals surface area (Å²) in [6.45, 7) is 2.28. The maximum atomic E-state index is 12.2. The van der Waals surface area contributed by atoms with E-state index in [1.54, 1.807) is 0 Å². The van der Waals surface area contributed by atoms with E-state index in [4.69, 9.17) is 5.73 Å². The molecule has 6 heteroatoms. The molecular weight excluding hydrogens is 286 g/mol. The number of aromatic nitrogens is 1. The van der Waals surface area contributed by atoms with E-state index in [-0.39, 0.29) is 17.7 Å². The number of hydrogen-bond donors (Lipinski definition) is 2. The quantitative estimate of drug-likeness (QED) is 0.788. The Balaban J connectivity index is 1.75. The van der Waals surface area contributed by atoms with Gasteiger partial charge in [-0.2, -0.15) is 4.37 Å². The summed E-state index contributed by atoms with van der Waals surface area (Å²) in [5, 5.41) is 4.86. The molecule has 1 amide bonds. The molecule has 0 radical (unpaired) electrons. The SMILES string of the molecule is Cc1nscc1C(=O)CC1CCC(NC(=O)CCN)CC1. The Labute approximate surface area is 129 Å². The summed E-state index contributed by atoms with van der Waals surface area (Å²) in [5.41, 5.74) is 6.98. The normalized spacial score (nSPS) is 22.0. The molecule has 3 N–H and O–H groups in total. The standard InChI is InChI=1S/C15H23N3O2S/c1-10-13(9-21-18-10)14(19)8-11-2-4-12(5-3-11)17-15(20)6-7-16/h9,11-12H,2-8,16H2,1H3,(H,17,20). The van der Waals surface area contributed by atoms with Crippen molar-refractivity contribution in [2.75, 3.05) is 6.54 Å². The molecule has 0 saturated heterocycles. The Hall–Kier alpha value is -1.27. The molecule has 1 aromatic rings. The van der Waals surface area contributed by atoms with Crippen molar-refractivity contribution in [3.8, 4) is 0 Å². The molecule has 2 rings (SSSR count). The van der Waals surface area contributed by atoms with E-state index in [1.807, 2.05) is 12.3 Å². The van der Waals surface area contributed by atoms with Crippen molar-refractivity contribution in [3.63, 3.8) is 0 Å². The highest BCUT2D eigenvalue weighted by atomic mass is 32.1. The lowest BCUT2D eigenvalue weighted by molar-refractivity contribution is -0.121. The van der Waals surface area contributed by atoms with Crippen LogP contribution in [-0.2, 0) is 4.79 Å². The number of rotatable bonds is 6. The van der Waals surface area contributed by atoms with E-state index in [1.165, 1.54) is 11.5 Å².